The lowest BCUT2D eigenvalue weighted by atomic mass is 9.92. The lowest BCUT2D eigenvalue weighted by Gasteiger charge is -2.20. The summed E-state index contributed by atoms with van der Waals surface area (Å²) in [5, 5.41) is -0.328. The van der Waals surface area contributed by atoms with E-state index in [-0.39, 0.29) is 16.8 Å². The first-order chi connectivity index (χ1) is 10.1. The summed E-state index contributed by atoms with van der Waals surface area (Å²) in [7, 11) is 0. The summed E-state index contributed by atoms with van der Waals surface area (Å²) in [5.41, 5.74) is 2.38. The molecular formula is C17H18F2OS. The first-order valence-corrected chi connectivity index (χ1v) is 8.16. The largest absolute Gasteiger partial charge is 0.490 e. The van der Waals surface area contributed by atoms with Crippen LogP contribution in [-0.2, 0) is 0 Å². The van der Waals surface area contributed by atoms with Gasteiger partial charge in [0.15, 0.2) is 11.6 Å². The minimum absolute atomic E-state index is 0.272. The van der Waals surface area contributed by atoms with Gasteiger partial charge in [0.05, 0.1) is 16.8 Å². The van der Waals surface area contributed by atoms with Gasteiger partial charge in [-0.2, -0.15) is 0 Å². The van der Waals surface area contributed by atoms with Gasteiger partial charge in [-0.1, -0.05) is 25.5 Å². The second-order valence-electron chi connectivity index (χ2n) is 5.43. The Morgan fingerprint density at radius 3 is 2.86 bits per heavy atom. The van der Waals surface area contributed by atoms with Crippen LogP contribution in [0.15, 0.2) is 34.8 Å². The summed E-state index contributed by atoms with van der Waals surface area (Å²) >= 11 is 1.27. The molecule has 1 heterocycles. The standard InChI is InChI=1S/C17H18F2OS/c1-3-4-9-20-13-8-7-12-11-6-5-10(2)14(18)16(11)21-17(12)15(13)19/h5-8,14,16H,3-4,9H2,1-2H3. The number of benzene rings is 1. The Morgan fingerprint density at radius 2 is 2.10 bits per heavy atom. The third-order valence-electron chi connectivity index (χ3n) is 3.91. The van der Waals surface area contributed by atoms with Crippen molar-refractivity contribution in [1.29, 1.82) is 0 Å². The number of alkyl halides is 1. The molecule has 0 N–H and O–H groups in total. The van der Waals surface area contributed by atoms with Gasteiger partial charge in [0.2, 0.25) is 0 Å². The molecule has 0 bridgehead atoms. The van der Waals surface area contributed by atoms with E-state index in [1.165, 1.54) is 11.8 Å². The molecule has 21 heavy (non-hydrogen) atoms. The van der Waals surface area contributed by atoms with E-state index in [0.29, 0.717) is 17.1 Å². The molecule has 1 aliphatic heterocycles. The van der Waals surface area contributed by atoms with Crippen LogP contribution in [0, 0.1) is 5.82 Å². The highest BCUT2D eigenvalue weighted by Gasteiger charge is 2.38. The summed E-state index contributed by atoms with van der Waals surface area (Å²) in [6.07, 6.45) is 4.55. The third kappa shape index (κ3) is 2.50. The van der Waals surface area contributed by atoms with E-state index in [1.807, 2.05) is 12.1 Å². The third-order valence-corrected chi connectivity index (χ3v) is 5.29. The summed E-state index contributed by atoms with van der Waals surface area (Å²) in [5.74, 6) is -0.0807. The first kappa shape index (κ1) is 14.6. The number of allylic oxidation sites excluding steroid dienone is 3. The number of halogens is 2. The number of unbranched alkanes of at least 4 members (excludes halogenated alkanes) is 1. The Labute approximate surface area is 128 Å². The molecule has 0 saturated carbocycles. The molecule has 1 nitrogen and oxygen atoms in total. The van der Waals surface area contributed by atoms with E-state index in [4.69, 9.17) is 4.74 Å². The van der Waals surface area contributed by atoms with E-state index < -0.39 is 6.17 Å². The van der Waals surface area contributed by atoms with E-state index in [2.05, 4.69) is 6.92 Å². The molecule has 3 rings (SSSR count). The molecule has 1 aliphatic carbocycles. The quantitative estimate of drug-likeness (QED) is 0.710. The molecule has 1 aromatic rings. The lowest BCUT2D eigenvalue weighted by molar-refractivity contribution is 0.292. The zero-order chi connectivity index (χ0) is 15.0. The van der Waals surface area contributed by atoms with Crippen molar-refractivity contribution >= 4 is 17.3 Å². The molecule has 0 radical (unpaired) electrons. The van der Waals surface area contributed by atoms with Gasteiger partial charge in [0.25, 0.3) is 0 Å². The van der Waals surface area contributed by atoms with Crippen LogP contribution < -0.4 is 4.74 Å². The van der Waals surface area contributed by atoms with Gasteiger partial charge in [0.1, 0.15) is 6.17 Å². The number of fused-ring (bicyclic) bond motifs is 3. The highest BCUT2D eigenvalue weighted by molar-refractivity contribution is 8.01. The van der Waals surface area contributed by atoms with Crippen LogP contribution in [0.5, 0.6) is 5.75 Å². The molecule has 2 atom stereocenters. The minimum Gasteiger partial charge on any atom is -0.490 e. The van der Waals surface area contributed by atoms with Crippen molar-refractivity contribution in [3.05, 3.63) is 41.2 Å². The van der Waals surface area contributed by atoms with Crippen molar-refractivity contribution in [2.75, 3.05) is 6.61 Å². The fraction of sp³-hybridized carbons (Fsp3) is 0.412. The topological polar surface area (TPSA) is 9.23 Å². The van der Waals surface area contributed by atoms with E-state index in [0.717, 1.165) is 24.0 Å². The van der Waals surface area contributed by atoms with Crippen molar-refractivity contribution in [1.82, 2.24) is 0 Å². The zero-order valence-corrected chi connectivity index (χ0v) is 13.0. The Kier molecular flexibility index (Phi) is 4.07. The average molecular weight is 308 g/mol. The average Bonchev–Trinajstić information content (AvgIpc) is 2.86. The van der Waals surface area contributed by atoms with Crippen molar-refractivity contribution < 1.29 is 13.5 Å². The Balaban J connectivity index is 1.91. The van der Waals surface area contributed by atoms with Gasteiger partial charge < -0.3 is 4.74 Å². The SMILES string of the molecule is CCCCOc1ccc2c(c1F)SC1C2=CC=C(C)C1F. The maximum absolute atomic E-state index is 14.6. The molecule has 2 aliphatic rings. The van der Waals surface area contributed by atoms with Crippen LogP contribution in [0.3, 0.4) is 0 Å². The predicted octanol–water partition coefficient (Wildman–Crippen LogP) is 5.16. The summed E-state index contributed by atoms with van der Waals surface area (Å²) in [6.45, 7) is 4.35. The van der Waals surface area contributed by atoms with E-state index >= 15 is 0 Å². The van der Waals surface area contributed by atoms with Crippen LogP contribution in [0.4, 0.5) is 8.78 Å². The molecule has 4 heteroatoms. The highest BCUT2D eigenvalue weighted by Crippen LogP contribution is 2.52. The second-order valence-corrected chi connectivity index (χ2v) is 6.58. The summed E-state index contributed by atoms with van der Waals surface area (Å²) < 4.78 is 34.3. The van der Waals surface area contributed by atoms with Gasteiger partial charge in [-0.3, -0.25) is 0 Å². The maximum Gasteiger partial charge on any atom is 0.179 e. The van der Waals surface area contributed by atoms with Crippen molar-refractivity contribution in [3.8, 4) is 5.75 Å². The smallest absolute Gasteiger partial charge is 0.179 e. The van der Waals surface area contributed by atoms with Gasteiger partial charge >= 0.3 is 0 Å². The Morgan fingerprint density at radius 1 is 1.29 bits per heavy atom. The van der Waals surface area contributed by atoms with Crippen LogP contribution in [0.2, 0.25) is 0 Å². The van der Waals surface area contributed by atoms with Crippen molar-refractivity contribution in [2.24, 2.45) is 0 Å². The second kappa shape index (κ2) is 5.84. The van der Waals surface area contributed by atoms with Crippen LogP contribution in [-0.4, -0.2) is 18.0 Å². The van der Waals surface area contributed by atoms with Crippen LogP contribution in [0.25, 0.3) is 5.57 Å². The van der Waals surface area contributed by atoms with Crippen molar-refractivity contribution in [3.63, 3.8) is 0 Å². The molecule has 0 spiro atoms. The fourth-order valence-electron chi connectivity index (χ4n) is 2.62. The molecule has 1 aromatic carbocycles. The van der Waals surface area contributed by atoms with Gasteiger partial charge in [0, 0.05) is 0 Å². The number of ether oxygens (including phenoxy) is 1. The normalized spacial score (nSPS) is 23.2. The molecule has 0 fully saturated rings. The Hall–Kier alpha value is -1.29. The molecule has 112 valence electrons. The van der Waals surface area contributed by atoms with E-state index in [9.17, 15) is 8.78 Å². The predicted molar refractivity (Wildman–Crippen MR) is 83.1 cm³/mol. The summed E-state index contributed by atoms with van der Waals surface area (Å²) in [4.78, 5) is 0.519. The number of thioether (sulfide) groups is 1. The Bertz CT molecular complexity index is 621. The highest BCUT2D eigenvalue weighted by atomic mass is 32.2. The van der Waals surface area contributed by atoms with Crippen LogP contribution >= 0.6 is 11.8 Å². The molecule has 0 aromatic heterocycles. The number of rotatable bonds is 4. The van der Waals surface area contributed by atoms with Gasteiger partial charge in [-0.05, 0) is 42.2 Å². The van der Waals surface area contributed by atoms with Crippen molar-refractivity contribution in [2.45, 2.75) is 43.0 Å². The molecular weight excluding hydrogens is 290 g/mol. The fourth-order valence-corrected chi connectivity index (χ4v) is 4.05. The molecule has 2 unspecified atom stereocenters. The first-order valence-electron chi connectivity index (χ1n) is 7.28. The maximum atomic E-state index is 14.6. The van der Waals surface area contributed by atoms with Gasteiger partial charge in [-0.15, -0.1) is 11.8 Å². The molecule has 0 saturated heterocycles. The zero-order valence-electron chi connectivity index (χ0n) is 12.2. The monoisotopic (exact) mass is 308 g/mol. The minimum atomic E-state index is -1.05. The number of hydrogen-bond acceptors (Lipinski definition) is 2. The lowest BCUT2D eigenvalue weighted by Crippen LogP contribution is -2.20. The van der Waals surface area contributed by atoms with E-state index in [1.54, 1.807) is 19.1 Å². The number of hydrogen-bond donors (Lipinski definition) is 0. The molecule has 0 amide bonds. The van der Waals surface area contributed by atoms with Crippen LogP contribution in [0.1, 0.15) is 32.3 Å². The summed E-state index contributed by atoms with van der Waals surface area (Å²) in [6, 6.07) is 3.51. The van der Waals surface area contributed by atoms with Gasteiger partial charge in [-0.25, -0.2) is 8.78 Å².